The van der Waals surface area contributed by atoms with Gasteiger partial charge in [0.25, 0.3) is 0 Å². The maximum Gasteiger partial charge on any atom is 0.0731 e. The molecule has 0 saturated heterocycles. The Labute approximate surface area is 297 Å². The van der Waals surface area contributed by atoms with E-state index in [9.17, 15) is 0 Å². The predicted molar refractivity (Wildman–Crippen MR) is 215 cm³/mol. The van der Waals surface area contributed by atoms with Crippen molar-refractivity contribution < 1.29 is 0 Å². The molecule has 0 atom stereocenters. The number of anilines is 3. The molecular formula is C50H33N. The van der Waals surface area contributed by atoms with Crippen LogP contribution in [-0.2, 0) is 5.41 Å². The van der Waals surface area contributed by atoms with Crippen molar-refractivity contribution in [1.29, 1.82) is 0 Å². The van der Waals surface area contributed by atoms with Gasteiger partial charge in [-0.25, -0.2) is 0 Å². The molecule has 0 bridgehead atoms. The summed E-state index contributed by atoms with van der Waals surface area (Å²) in [5, 5.41) is 7.74. The van der Waals surface area contributed by atoms with Crippen LogP contribution in [0, 0.1) is 6.92 Å². The first-order valence-electron chi connectivity index (χ1n) is 17.9. The maximum absolute atomic E-state index is 2.52. The first kappa shape index (κ1) is 28.4. The fourth-order valence-corrected chi connectivity index (χ4v) is 9.40. The van der Waals surface area contributed by atoms with Gasteiger partial charge >= 0.3 is 0 Å². The molecule has 0 fully saturated rings. The number of rotatable bonds is 3. The SMILES string of the molecule is Cc1ccc(N(c2ccccc2)c2ccc3cc4c(cc3c2)C2(c3ccccc3-c3ccccc32)c2c-4c3ccccc3c3ccccc23)cc1. The van der Waals surface area contributed by atoms with E-state index in [1.807, 2.05) is 0 Å². The molecule has 0 saturated carbocycles. The van der Waals surface area contributed by atoms with E-state index in [-0.39, 0.29) is 0 Å². The molecule has 1 heteroatoms. The highest BCUT2D eigenvalue weighted by molar-refractivity contribution is 6.20. The van der Waals surface area contributed by atoms with Crippen LogP contribution in [0.5, 0.6) is 0 Å². The van der Waals surface area contributed by atoms with Gasteiger partial charge in [0.15, 0.2) is 0 Å². The van der Waals surface area contributed by atoms with Gasteiger partial charge in [-0.2, -0.15) is 0 Å². The third-order valence-corrected chi connectivity index (χ3v) is 11.5. The molecule has 0 aliphatic heterocycles. The Morgan fingerprint density at radius 3 is 1.63 bits per heavy atom. The zero-order valence-electron chi connectivity index (χ0n) is 28.3. The molecule has 51 heavy (non-hydrogen) atoms. The molecule has 0 N–H and O–H groups in total. The van der Waals surface area contributed by atoms with Crippen molar-refractivity contribution in [2.45, 2.75) is 12.3 Å². The second-order valence-corrected chi connectivity index (χ2v) is 14.1. The minimum atomic E-state index is -0.457. The zero-order valence-corrected chi connectivity index (χ0v) is 28.3. The Balaban J connectivity index is 1.27. The van der Waals surface area contributed by atoms with Gasteiger partial charge in [-0.15, -0.1) is 0 Å². The van der Waals surface area contributed by atoms with E-state index in [1.54, 1.807) is 0 Å². The van der Waals surface area contributed by atoms with Crippen LogP contribution in [0.15, 0.2) is 182 Å². The van der Waals surface area contributed by atoms with Gasteiger partial charge in [0, 0.05) is 17.1 Å². The molecule has 2 aliphatic rings. The van der Waals surface area contributed by atoms with E-state index in [2.05, 4.69) is 194 Å². The van der Waals surface area contributed by atoms with Crippen LogP contribution in [-0.4, -0.2) is 0 Å². The highest BCUT2D eigenvalue weighted by atomic mass is 15.1. The lowest BCUT2D eigenvalue weighted by atomic mass is 9.69. The minimum Gasteiger partial charge on any atom is -0.310 e. The molecule has 2 aliphatic carbocycles. The van der Waals surface area contributed by atoms with Crippen LogP contribution in [0.1, 0.15) is 27.8 Å². The summed E-state index contributed by atoms with van der Waals surface area (Å²) in [6.07, 6.45) is 0. The molecule has 0 amide bonds. The molecule has 1 nitrogen and oxygen atoms in total. The highest BCUT2D eigenvalue weighted by Crippen LogP contribution is 2.65. The van der Waals surface area contributed by atoms with Gasteiger partial charge in [-0.05, 0) is 132 Å². The summed E-state index contributed by atoms with van der Waals surface area (Å²) in [5.74, 6) is 0. The van der Waals surface area contributed by atoms with Crippen LogP contribution in [0.25, 0.3) is 54.6 Å². The smallest absolute Gasteiger partial charge is 0.0731 e. The van der Waals surface area contributed by atoms with E-state index in [4.69, 9.17) is 0 Å². The summed E-state index contributed by atoms with van der Waals surface area (Å²) in [4.78, 5) is 2.37. The van der Waals surface area contributed by atoms with Crippen molar-refractivity contribution in [3.05, 3.63) is 210 Å². The number of aryl methyl sites for hydroxylation is 1. The Morgan fingerprint density at radius 1 is 0.373 bits per heavy atom. The van der Waals surface area contributed by atoms with Crippen LogP contribution in [0.2, 0.25) is 0 Å². The highest BCUT2D eigenvalue weighted by Gasteiger charge is 2.53. The van der Waals surface area contributed by atoms with Crippen molar-refractivity contribution in [3.8, 4) is 22.3 Å². The van der Waals surface area contributed by atoms with E-state index in [0.717, 1.165) is 17.1 Å². The summed E-state index contributed by atoms with van der Waals surface area (Å²) >= 11 is 0. The fraction of sp³-hybridized carbons (Fsp3) is 0.0400. The summed E-state index contributed by atoms with van der Waals surface area (Å²) in [7, 11) is 0. The predicted octanol–water partition coefficient (Wildman–Crippen LogP) is 13.3. The second kappa shape index (κ2) is 10.5. The molecule has 9 aromatic carbocycles. The number of hydrogen-bond acceptors (Lipinski definition) is 1. The van der Waals surface area contributed by atoms with Crippen molar-refractivity contribution in [2.24, 2.45) is 0 Å². The largest absolute Gasteiger partial charge is 0.310 e. The van der Waals surface area contributed by atoms with Crippen LogP contribution >= 0.6 is 0 Å². The van der Waals surface area contributed by atoms with E-state index >= 15 is 0 Å². The van der Waals surface area contributed by atoms with Gasteiger partial charge in [-0.3, -0.25) is 0 Å². The molecule has 1 spiro atoms. The quantitative estimate of drug-likeness (QED) is 0.173. The van der Waals surface area contributed by atoms with E-state index in [1.165, 1.54) is 82.4 Å². The fourth-order valence-electron chi connectivity index (χ4n) is 9.40. The zero-order chi connectivity index (χ0) is 33.7. The monoisotopic (exact) mass is 647 g/mol. The Kier molecular flexibility index (Phi) is 5.86. The normalized spacial score (nSPS) is 13.4. The number of hydrogen-bond donors (Lipinski definition) is 0. The lowest BCUT2D eigenvalue weighted by molar-refractivity contribution is 0.803. The summed E-state index contributed by atoms with van der Waals surface area (Å²) in [5.41, 5.74) is 15.1. The number of benzene rings is 9. The molecule has 238 valence electrons. The Bertz CT molecular complexity index is 2820. The van der Waals surface area contributed by atoms with Gasteiger partial charge in [0.05, 0.1) is 5.41 Å². The van der Waals surface area contributed by atoms with E-state index in [0.29, 0.717) is 0 Å². The maximum atomic E-state index is 2.52. The van der Waals surface area contributed by atoms with Gasteiger partial charge < -0.3 is 4.90 Å². The topological polar surface area (TPSA) is 3.24 Å². The standard InChI is InChI=1S/C50H33N/c1-32-23-26-36(27-24-32)51(35-13-3-2-4-14-35)37-28-25-33-30-44-47(31-34(33)29-37)50(45-21-11-9-17-40(45)41-18-10-12-22-46(41)50)49-43-20-8-6-16-39(43)38-15-5-7-19-42(38)48(44)49/h2-31H,1H3. The Hall–Kier alpha value is -6.44. The van der Waals surface area contributed by atoms with Crippen LogP contribution in [0.3, 0.4) is 0 Å². The molecular weight excluding hydrogens is 615 g/mol. The first-order chi connectivity index (χ1) is 25.2. The average Bonchev–Trinajstić information content (AvgIpc) is 3.66. The van der Waals surface area contributed by atoms with Crippen LogP contribution in [0.4, 0.5) is 17.1 Å². The van der Waals surface area contributed by atoms with Gasteiger partial charge in [0.2, 0.25) is 0 Å². The molecule has 0 radical (unpaired) electrons. The Morgan fingerprint density at radius 2 is 0.922 bits per heavy atom. The second-order valence-electron chi connectivity index (χ2n) is 14.1. The molecule has 0 unspecified atom stereocenters. The lowest BCUT2D eigenvalue weighted by Gasteiger charge is -2.32. The average molecular weight is 648 g/mol. The van der Waals surface area contributed by atoms with Crippen molar-refractivity contribution in [3.63, 3.8) is 0 Å². The summed E-state index contributed by atoms with van der Waals surface area (Å²) in [6.45, 7) is 2.15. The molecule has 0 aromatic heterocycles. The lowest BCUT2D eigenvalue weighted by Crippen LogP contribution is -2.26. The summed E-state index contributed by atoms with van der Waals surface area (Å²) < 4.78 is 0. The number of fused-ring (bicyclic) bond motifs is 16. The van der Waals surface area contributed by atoms with Crippen LogP contribution < -0.4 is 4.90 Å². The third kappa shape index (κ3) is 3.81. The van der Waals surface area contributed by atoms with Gasteiger partial charge in [0.1, 0.15) is 0 Å². The van der Waals surface area contributed by atoms with Crippen molar-refractivity contribution in [2.75, 3.05) is 4.90 Å². The van der Waals surface area contributed by atoms with E-state index < -0.39 is 5.41 Å². The molecule has 9 aromatic rings. The third-order valence-electron chi connectivity index (χ3n) is 11.5. The van der Waals surface area contributed by atoms with Gasteiger partial charge in [-0.1, -0.05) is 139 Å². The number of para-hydroxylation sites is 1. The van der Waals surface area contributed by atoms with Crippen molar-refractivity contribution in [1.82, 2.24) is 0 Å². The molecule has 11 rings (SSSR count). The first-order valence-corrected chi connectivity index (χ1v) is 17.9. The minimum absolute atomic E-state index is 0.457. The number of nitrogens with zero attached hydrogens (tertiary/aromatic N) is 1. The molecule has 0 heterocycles. The summed E-state index contributed by atoms with van der Waals surface area (Å²) in [6, 6.07) is 67.9. The van der Waals surface area contributed by atoms with Crippen molar-refractivity contribution >= 4 is 49.4 Å².